The van der Waals surface area contributed by atoms with E-state index >= 15 is 0 Å². The van der Waals surface area contributed by atoms with Gasteiger partial charge in [0.25, 0.3) is 0 Å². The quantitative estimate of drug-likeness (QED) is 0.856. The van der Waals surface area contributed by atoms with Crippen molar-refractivity contribution in [1.29, 1.82) is 0 Å². The lowest BCUT2D eigenvalue weighted by Gasteiger charge is -2.33. The monoisotopic (exact) mass is 292 g/mol. The molecule has 3 nitrogen and oxygen atoms in total. The predicted octanol–water partition coefficient (Wildman–Crippen LogP) is 4.10. The fourth-order valence-electron chi connectivity index (χ4n) is 3.22. The average Bonchev–Trinajstić information content (AvgIpc) is 2.78. The summed E-state index contributed by atoms with van der Waals surface area (Å²) in [5, 5.41) is 3.42. The molecule has 1 saturated carbocycles. The molecule has 1 aliphatic carbocycles. The highest BCUT2D eigenvalue weighted by atomic mass is 16.3. The number of furan rings is 1. The normalized spacial score (nSPS) is 23.2. The van der Waals surface area contributed by atoms with Gasteiger partial charge in [-0.3, -0.25) is 4.90 Å². The van der Waals surface area contributed by atoms with E-state index in [2.05, 4.69) is 51.0 Å². The molecule has 21 heavy (non-hydrogen) atoms. The van der Waals surface area contributed by atoms with Crippen LogP contribution in [-0.4, -0.2) is 24.0 Å². The van der Waals surface area contributed by atoms with Crippen LogP contribution in [0.4, 0.5) is 0 Å². The van der Waals surface area contributed by atoms with E-state index in [1.165, 1.54) is 31.2 Å². The lowest BCUT2D eigenvalue weighted by molar-refractivity contribution is 0.163. The molecule has 3 heteroatoms. The topological polar surface area (TPSA) is 28.4 Å². The molecule has 0 saturated heterocycles. The van der Waals surface area contributed by atoms with Crippen LogP contribution in [0.3, 0.4) is 0 Å². The summed E-state index contributed by atoms with van der Waals surface area (Å²) in [6, 6.07) is 3.46. The molecule has 1 aromatic rings. The van der Waals surface area contributed by atoms with Crippen LogP contribution in [0, 0.1) is 12.8 Å². The van der Waals surface area contributed by atoms with Gasteiger partial charge in [0.15, 0.2) is 0 Å². The largest absolute Gasteiger partial charge is 0.465 e. The predicted molar refractivity (Wildman–Crippen MR) is 88.3 cm³/mol. The second-order valence-corrected chi connectivity index (χ2v) is 7.16. The summed E-state index contributed by atoms with van der Waals surface area (Å²) in [5.41, 5.74) is 1.34. The van der Waals surface area contributed by atoms with Crippen molar-refractivity contribution in [2.75, 3.05) is 7.05 Å². The molecule has 1 N–H and O–H groups in total. The van der Waals surface area contributed by atoms with Gasteiger partial charge in [0.05, 0.1) is 6.54 Å². The second kappa shape index (κ2) is 7.46. The average molecular weight is 292 g/mol. The van der Waals surface area contributed by atoms with Crippen LogP contribution in [-0.2, 0) is 13.1 Å². The van der Waals surface area contributed by atoms with Gasteiger partial charge >= 0.3 is 0 Å². The highest BCUT2D eigenvalue weighted by Crippen LogP contribution is 2.28. The lowest BCUT2D eigenvalue weighted by atomic mass is 9.86. The molecule has 1 heterocycles. The number of rotatable bonds is 6. The van der Waals surface area contributed by atoms with E-state index in [4.69, 9.17) is 4.42 Å². The summed E-state index contributed by atoms with van der Waals surface area (Å²) in [4.78, 5) is 2.52. The summed E-state index contributed by atoms with van der Waals surface area (Å²) in [5.74, 6) is 3.05. The van der Waals surface area contributed by atoms with E-state index in [-0.39, 0.29) is 0 Å². The molecule has 0 radical (unpaired) electrons. The molecule has 0 bridgehead atoms. The van der Waals surface area contributed by atoms with Crippen LogP contribution in [0.2, 0.25) is 0 Å². The van der Waals surface area contributed by atoms with Gasteiger partial charge in [-0.15, -0.1) is 0 Å². The molecule has 1 fully saturated rings. The van der Waals surface area contributed by atoms with Crippen LogP contribution in [0.15, 0.2) is 10.5 Å². The highest BCUT2D eigenvalue weighted by Gasteiger charge is 2.22. The van der Waals surface area contributed by atoms with Gasteiger partial charge in [0.1, 0.15) is 11.5 Å². The Balaban J connectivity index is 1.89. The van der Waals surface area contributed by atoms with Crippen molar-refractivity contribution >= 4 is 0 Å². The molecule has 0 atom stereocenters. The fraction of sp³-hybridized carbons (Fsp3) is 0.778. The summed E-state index contributed by atoms with van der Waals surface area (Å²) in [6.07, 6.45) is 5.44. The summed E-state index contributed by atoms with van der Waals surface area (Å²) in [6.45, 7) is 10.6. The van der Waals surface area contributed by atoms with E-state index in [1.807, 2.05) is 0 Å². The number of nitrogens with zero attached hydrogens (tertiary/aromatic N) is 1. The first kappa shape index (κ1) is 16.6. The summed E-state index contributed by atoms with van der Waals surface area (Å²) in [7, 11) is 2.26. The van der Waals surface area contributed by atoms with Crippen LogP contribution in [0.25, 0.3) is 0 Å². The zero-order valence-electron chi connectivity index (χ0n) is 14.4. The Hall–Kier alpha value is -0.800. The van der Waals surface area contributed by atoms with Crippen molar-refractivity contribution in [3.05, 3.63) is 23.2 Å². The Labute approximate surface area is 130 Å². The lowest BCUT2D eigenvalue weighted by Crippen LogP contribution is -2.34. The van der Waals surface area contributed by atoms with E-state index in [9.17, 15) is 0 Å². The highest BCUT2D eigenvalue weighted by molar-refractivity contribution is 5.20. The molecular weight excluding hydrogens is 260 g/mol. The third-order valence-electron chi connectivity index (χ3n) is 4.78. The van der Waals surface area contributed by atoms with Gasteiger partial charge < -0.3 is 9.73 Å². The standard InChI is InChI=1S/C18H32N2O/c1-13(2)19-11-18-10-16(15(4)21-18)12-20(5)17-8-6-14(3)7-9-17/h10,13-14,17,19H,6-9,11-12H2,1-5H3. The first-order valence-electron chi connectivity index (χ1n) is 8.47. The van der Waals surface area contributed by atoms with Crippen molar-refractivity contribution in [3.63, 3.8) is 0 Å². The Morgan fingerprint density at radius 2 is 1.95 bits per heavy atom. The Morgan fingerprint density at radius 1 is 1.29 bits per heavy atom. The Morgan fingerprint density at radius 3 is 2.57 bits per heavy atom. The fourth-order valence-corrected chi connectivity index (χ4v) is 3.22. The second-order valence-electron chi connectivity index (χ2n) is 7.16. The van der Waals surface area contributed by atoms with Crippen LogP contribution >= 0.6 is 0 Å². The molecule has 120 valence electrons. The first-order chi connectivity index (χ1) is 9.95. The number of aryl methyl sites for hydroxylation is 1. The zero-order valence-corrected chi connectivity index (χ0v) is 14.4. The van der Waals surface area contributed by atoms with Crippen LogP contribution in [0.1, 0.15) is 63.5 Å². The van der Waals surface area contributed by atoms with Crippen molar-refractivity contribution in [2.45, 2.75) is 78.6 Å². The molecule has 0 unspecified atom stereocenters. The molecular formula is C18H32N2O. The smallest absolute Gasteiger partial charge is 0.118 e. The molecule has 0 aliphatic heterocycles. The van der Waals surface area contributed by atoms with Gasteiger partial charge in [0, 0.05) is 24.2 Å². The number of hydrogen-bond acceptors (Lipinski definition) is 3. The molecule has 1 aliphatic rings. The SMILES string of the molecule is Cc1oc(CNC(C)C)cc1CN(C)C1CCC(C)CC1. The van der Waals surface area contributed by atoms with E-state index in [0.717, 1.165) is 36.6 Å². The minimum Gasteiger partial charge on any atom is -0.465 e. The van der Waals surface area contributed by atoms with Crippen LogP contribution < -0.4 is 5.32 Å². The summed E-state index contributed by atoms with van der Waals surface area (Å²) < 4.78 is 5.88. The Bertz CT molecular complexity index is 430. The van der Waals surface area contributed by atoms with Crippen molar-refractivity contribution in [2.24, 2.45) is 5.92 Å². The third kappa shape index (κ3) is 4.86. The maximum Gasteiger partial charge on any atom is 0.118 e. The van der Waals surface area contributed by atoms with E-state index < -0.39 is 0 Å². The molecule has 0 amide bonds. The van der Waals surface area contributed by atoms with Gasteiger partial charge in [0.2, 0.25) is 0 Å². The third-order valence-corrected chi connectivity index (χ3v) is 4.78. The van der Waals surface area contributed by atoms with Crippen molar-refractivity contribution < 1.29 is 4.42 Å². The minimum absolute atomic E-state index is 0.491. The van der Waals surface area contributed by atoms with Crippen LogP contribution in [0.5, 0.6) is 0 Å². The van der Waals surface area contributed by atoms with E-state index in [1.54, 1.807) is 0 Å². The van der Waals surface area contributed by atoms with Gasteiger partial charge in [-0.05, 0) is 51.6 Å². The number of nitrogens with one attached hydrogen (secondary N) is 1. The van der Waals surface area contributed by atoms with Gasteiger partial charge in [-0.25, -0.2) is 0 Å². The maximum absolute atomic E-state index is 5.88. The number of hydrogen-bond donors (Lipinski definition) is 1. The van der Waals surface area contributed by atoms with Crippen molar-refractivity contribution in [3.8, 4) is 0 Å². The van der Waals surface area contributed by atoms with Gasteiger partial charge in [-0.1, -0.05) is 20.8 Å². The molecule has 0 aromatic carbocycles. The summed E-state index contributed by atoms with van der Waals surface area (Å²) >= 11 is 0. The molecule has 2 rings (SSSR count). The minimum atomic E-state index is 0.491. The molecule has 1 aromatic heterocycles. The van der Waals surface area contributed by atoms with Crippen molar-refractivity contribution in [1.82, 2.24) is 10.2 Å². The first-order valence-corrected chi connectivity index (χ1v) is 8.47. The van der Waals surface area contributed by atoms with Gasteiger partial charge in [-0.2, -0.15) is 0 Å². The Kier molecular flexibility index (Phi) is 5.88. The zero-order chi connectivity index (χ0) is 15.4. The maximum atomic E-state index is 5.88. The molecule has 0 spiro atoms. The van der Waals surface area contributed by atoms with E-state index in [0.29, 0.717) is 6.04 Å².